The highest BCUT2D eigenvalue weighted by Gasteiger charge is 2.18. The van der Waals surface area contributed by atoms with Crippen LogP contribution in [0, 0.1) is 0 Å². The molecule has 0 aliphatic rings. The Kier molecular flexibility index (Phi) is 2.97. The Balaban J connectivity index is 1.71. The monoisotopic (exact) mass is 334 g/mol. The highest BCUT2D eigenvalue weighted by Crippen LogP contribution is 2.37. The van der Waals surface area contributed by atoms with Gasteiger partial charge < -0.3 is 9.97 Å². The van der Waals surface area contributed by atoms with Crippen molar-refractivity contribution in [3.8, 4) is 0 Å². The van der Waals surface area contributed by atoms with Gasteiger partial charge in [0, 0.05) is 0 Å². The van der Waals surface area contributed by atoms with E-state index in [2.05, 4.69) is 39.9 Å². The summed E-state index contributed by atoms with van der Waals surface area (Å²) >= 11 is 0. The van der Waals surface area contributed by atoms with Crippen LogP contribution in [0.25, 0.3) is 22.3 Å². The standard InChI is InChI=1S/C10H8N10S2/c11-9-17-5-3(13-1-15-5)7(19-9)21-22-8-4-6(16-2-14-4)18-10(12)20-8/h1-2H,(H3,11,13,15,17,19)(H3,12,14,16,18,20)/p+2. The first-order valence-corrected chi connectivity index (χ1v) is 8.24. The smallest absolute Gasteiger partial charge is 0.339 e. The van der Waals surface area contributed by atoms with E-state index in [1.807, 2.05) is 0 Å². The zero-order valence-corrected chi connectivity index (χ0v) is 12.5. The van der Waals surface area contributed by atoms with E-state index in [1.54, 1.807) is 12.7 Å². The van der Waals surface area contributed by atoms with Crippen molar-refractivity contribution in [1.82, 2.24) is 29.9 Å². The molecule has 12 heteroatoms. The highest BCUT2D eigenvalue weighted by molar-refractivity contribution is 8.76. The van der Waals surface area contributed by atoms with Crippen LogP contribution < -0.4 is 21.4 Å². The molecular weight excluding hydrogens is 324 g/mol. The number of nitrogens with zero attached hydrogens (tertiary/aromatic N) is 4. The molecule has 4 rings (SSSR count). The van der Waals surface area contributed by atoms with Crippen LogP contribution in [-0.2, 0) is 0 Å². The largest absolute Gasteiger partial charge is 0.390 e. The first-order valence-electron chi connectivity index (χ1n) is 6.09. The van der Waals surface area contributed by atoms with E-state index in [4.69, 9.17) is 11.5 Å². The Bertz CT molecular complexity index is 896. The predicted octanol–water partition coefficient (Wildman–Crippen LogP) is -0.179. The molecule has 0 radical (unpaired) electrons. The maximum Gasteiger partial charge on any atom is 0.390 e. The fraction of sp³-hybridized carbons (Fsp3) is 0. The molecule has 0 aromatic carbocycles. The van der Waals surface area contributed by atoms with Crippen molar-refractivity contribution in [2.45, 2.75) is 10.1 Å². The molecule has 0 aliphatic carbocycles. The van der Waals surface area contributed by atoms with E-state index in [9.17, 15) is 0 Å². The zero-order chi connectivity index (χ0) is 15.1. The van der Waals surface area contributed by atoms with E-state index in [0.29, 0.717) is 23.2 Å². The van der Waals surface area contributed by atoms with Crippen molar-refractivity contribution in [3.63, 3.8) is 0 Å². The number of aromatic nitrogens is 8. The number of nitrogens with one attached hydrogen (secondary N) is 4. The minimum absolute atomic E-state index is 0.299. The molecule has 0 amide bonds. The highest BCUT2D eigenvalue weighted by atomic mass is 33.1. The second-order valence-electron chi connectivity index (χ2n) is 4.27. The van der Waals surface area contributed by atoms with Gasteiger partial charge in [0.05, 0.1) is 12.7 Å². The summed E-state index contributed by atoms with van der Waals surface area (Å²) in [5.74, 6) is 0.597. The van der Waals surface area contributed by atoms with Crippen LogP contribution in [0.1, 0.15) is 0 Å². The lowest BCUT2D eigenvalue weighted by Crippen LogP contribution is -2.17. The van der Waals surface area contributed by atoms with Crippen molar-refractivity contribution in [1.29, 1.82) is 0 Å². The van der Waals surface area contributed by atoms with Crippen molar-refractivity contribution < 1.29 is 9.97 Å². The van der Waals surface area contributed by atoms with E-state index in [0.717, 1.165) is 21.1 Å². The Morgan fingerprint density at radius 3 is 1.73 bits per heavy atom. The fourth-order valence-corrected chi connectivity index (χ4v) is 4.10. The number of aromatic amines is 4. The predicted molar refractivity (Wildman–Crippen MR) is 81.4 cm³/mol. The van der Waals surface area contributed by atoms with Gasteiger partial charge in [0.1, 0.15) is 11.0 Å². The van der Waals surface area contributed by atoms with E-state index >= 15 is 0 Å². The van der Waals surface area contributed by atoms with Crippen molar-refractivity contribution in [3.05, 3.63) is 12.7 Å². The molecule has 0 fully saturated rings. The average Bonchev–Trinajstić information content (AvgIpc) is 3.12. The summed E-state index contributed by atoms with van der Waals surface area (Å²) < 4.78 is 0. The van der Waals surface area contributed by atoms with Gasteiger partial charge >= 0.3 is 11.9 Å². The molecule has 8 N–H and O–H groups in total. The molecule has 0 aliphatic heterocycles. The average molecular weight is 334 g/mol. The second kappa shape index (κ2) is 4.99. The lowest BCUT2D eigenvalue weighted by molar-refractivity contribution is -0.411. The molecule has 0 saturated heterocycles. The van der Waals surface area contributed by atoms with Crippen LogP contribution in [0.4, 0.5) is 11.9 Å². The van der Waals surface area contributed by atoms with Gasteiger partial charge in [0.15, 0.2) is 10.1 Å². The third-order valence-corrected chi connectivity index (χ3v) is 5.12. The fourth-order valence-electron chi connectivity index (χ4n) is 1.93. The molecule has 110 valence electrons. The number of hydrogen-bond donors (Lipinski definition) is 4. The van der Waals surface area contributed by atoms with Gasteiger partial charge in [0.2, 0.25) is 0 Å². The van der Waals surface area contributed by atoms with Crippen LogP contribution in [-0.4, -0.2) is 29.9 Å². The molecule has 0 bridgehead atoms. The summed E-state index contributed by atoms with van der Waals surface area (Å²) in [7, 11) is 2.91. The molecule has 4 aromatic rings. The first kappa shape index (κ1) is 13.1. The van der Waals surface area contributed by atoms with Crippen LogP contribution in [0.5, 0.6) is 0 Å². The lowest BCUT2D eigenvalue weighted by Gasteiger charge is -1.99. The van der Waals surface area contributed by atoms with Crippen molar-refractivity contribution >= 4 is 55.8 Å². The van der Waals surface area contributed by atoms with Crippen LogP contribution >= 0.6 is 21.6 Å². The number of H-pyrrole nitrogens is 4. The minimum atomic E-state index is 0.299. The summed E-state index contributed by atoms with van der Waals surface area (Å²) in [6.07, 6.45) is 3.15. The maximum atomic E-state index is 5.75. The topological polar surface area (TPSA) is 163 Å². The summed E-state index contributed by atoms with van der Waals surface area (Å²) in [5, 5.41) is 1.61. The van der Waals surface area contributed by atoms with Gasteiger partial charge in [-0.2, -0.15) is 0 Å². The molecule has 4 heterocycles. The second-order valence-corrected chi connectivity index (χ2v) is 6.42. The Morgan fingerprint density at radius 2 is 1.27 bits per heavy atom. The number of fused-ring (bicyclic) bond motifs is 2. The zero-order valence-electron chi connectivity index (χ0n) is 10.9. The molecule has 0 spiro atoms. The molecule has 22 heavy (non-hydrogen) atoms. The molecule has 0 atom stereocenters. The van der Waals surface area contributed by atoms with E-state index in [-0.39, 0.29) is 0 Å². The molecule has 10 nitrogen and oxygen atoms in total. The quantitative estimate of drug-likeness (QED) is 0.296. The number of hydrogen-bond acceptors (Lipinski definition) is 8. The third kappa shape index (κ3) is 2.17. The lowest BCUT2D eigenvalue weighted by atomic mass is 10.5. The summed E-state index contributed by atoms with van der Waals surface area (Å²) in [4.78, 5) is 28.5. The van der Waals surface area contributed by atoms with Crippen LogP contribution in [0.15, 0.2) is 22.7 Å². The van der Waals surface area contributed by atoms with Gasteiger partial charge in [-0.15, -0.1) is 0 Å². The van der Waals surface area contributed by atoms with Gasteiger partial charge in [-0.05, 0) is 31.6 Å². The third-order valence-electron chi connectivity index (χ3n) is 2.84. The van der Waals surface area contributed by atoms with Gasteiger partial charge in [0.25, 0.3) is 11.3 Å². The van der Waals surface area contributed by atoms with Gasteiger partial charge in [-0.1, -0.05) is 0 Å². The Morgan fingerprint density at radius 1 is 0.818 bits per heavy atom. The molecule has 4 aromatic heterocycles. The van der Waals surface area contributed by atoms with Crippen molar-refractivity contribution in [2.24, 2.45) is 0 Å². The molecular formula is C10H10N10S2+2. The Labute approximate surface area is 130 Å². The van der Waals surface area contributed by atoms with Crippen molar-refractivity contribution in [2.75, 3.05) is 11.5 Å². The number of anilines is 2. The summed E-state index contributed by atoms with van der Waals surface area (Å²) in [6, 6.07) is 0. The van der Waals surface area contributed by atoms with Gasteiger partial charge in [-0.3, -0.25) is 11.5 Å². The van der Waals surface area contributed by atoms with Crippen LogP contribution in [0.2, 0.25) is 0 Å². The molecule has 0 saturated carbocycles. The van der Waals surface area contributed by atoms with Crippen LogP contribution in [0.3, 0.4) is 0 Å². The number of imidazole rings is 2. The summed E-state index contributed by atoms with van der Waals surface area (Å²) in [5.41, 5.74) is 14.2. The molecule has 0 unspecified atom stereocenters. The number of nitrogen functional groups attached to an aromatic ring is 2. The first-order chi connectivity index (χ1) is 10.7. The van der Waals surface area contributed by atoms with E-state index < -0.39 is 0 Å². The SMILES string of the molecule is Nc1nc2nc[nH]c2c(SSc2[nH+]c(N)nc3nc[nH]c23)[nH+]1. The maximum absolute atomic E-state index is 5.75. The Hall–Kier alpha value is -2.60. The number of nitrogens with two attached hydrogens (primary N) is 2. The normalized spacial score (nSPS) is 11.5. The summed E-state index contributed by atoms with van der Waals surface area (Å²) in [6.45, 7) is 0. The van der Waals surface area contributed by atoms with E-state index in [1.165, 1.54) is 21.6 Å². The number of rotatable bonds is 3. The minimum Gasteiger partial charge on any atom is -0.339 e. The van der Waals surface area contributed by atoms with Gasteiger partial charge in [-0.25, -0.2) is 19.9 Å².